The lowest BCUT2D eigenvalue weighted by Crippen LogP contribution is -2.11. The van der Waals surface area contributed by atoms with Crippen molar-refractivity contribution in [2.75, 3.05) is 7.11 Å². The van der Waals surface area contributed by atoms with E-state index in [0.29, 0.717) is 22.7 Å². The first-order valence-corrected chi connectivity index (χ1v) is 7.10. The molecule has 1 aromatic heterocycles. The maximum atomic E-state index is 12.7. The van der Waals surface area contributed by atoms with Gasteiger partial charge in [0.25, 0.3) is 0 Å². The van der Waals surface area contributed by atoms with Gasteiger partial charge in [-0.25, -0.2) is 0 Å². The molecule has 0 fully saturated rings. The van der Waals surface area contributed by atoms with Crippen LogP contribution in [0, 0.1) is 0 Å². The molecule has 0 radical (unpaired) electrons. The average molecular weight is 296 g/mol. The Bertz CT molecular complexity index is 816. The molecule has 3 rings (SSSR count). The van der Waals surface area contributed by atoms with Gasteiger partial charge in [-0.05, 0) is 12.1 Å². The summed E-state index contributed by atoms with van der Waals surface area (Å²) in [5.41, 5.74) is 2.06. The van der Waals surface area contributed by atoms with Crippen molar-refractivity contribution in [1.29, 1.82) is 0 Å². The van der Waals surface area contributed by atoms with Crippen molar-refractivity contribution in [3.05, 3.63) is 64.8 Å². The zero-order valence-corrected chi connectivity index (χ0v) is 12.1. The van der Waals surface area contributed by atoms with Crippen LogP contribution in [0.2, 0.25) is 0 Å². The molecule has 5 heteroatoms. The van der Waals surface area contributed by atoms with Crippen LogP contribution in [-0.2, 0) is 0 Å². The highest BCUT2D eigenvalue weighted by Gasteiger charge is 2.15. The highest BCUT2D eigenvalue weighted by atomic mass is 32.1. The van der Waals surface area contributed by atoms with Crippen LogP contribution >= 0.6 is 11.7 Å². The van der Waals surface area contributed by atoms with Crippen LogP contribution in [0.5, 0.6) is 5.75 Å². The molecule has 0 saturated carbocycles. The Morgan fingerprint density at radius 3 is 2.33 bits per heavy atom. The summed E-state index contributed by atoms with van der Waals surface area (Å²) in [7, 11) is 1.58. The third-order valence-electron chi connectivity index (χ3n) is 3.10. The van der Waals surface area contributed by atoms with E-state index in [-0.39, 0.29) is 5.43 Å². The van der Waals surface area contributed by atoms with Crippen LogP contribution in [0.15, 0.2) is 59.4 Å². The summed E-state index contributed by atoms with van der Waals surface area (Å²) in [6.07, 6.45) is 0. The lowest BCUT2D eigenvalue weighted by atomic mass is 10.1. The predicted molar refractivity (Wildman–Crippen MR) is 83.6 cm³/mol. The van der Waals surface area contributed by atoms with Gasteiger partial charge in [-0.3, -0.25) is 4.79 Å². The van der Waals surface area contributed by atoms with Crippen LogP contribution in [0.1, 0.15) is 0 Å². The second kappa shape index (κ2) is 5.85. The fourth-order valence-corrected chi connectivity index (χ4v) is 2.66. The summed E-state index contributed by atoms with van der Waals surface area (Å²) in [6, 6.07) is 16.7. The SMILES string of the molecule is COc1ccccc1-c1nsnc(-c2ccccc2)c1=O. The minimum absolute atomic E-state index is 0.190. The molecular formula is C16H12N2O2S. The molecule has 0 atom stereocenters. The highest BCUT2D eigenvalue weighted by molar-refractivity contribution is 6.99. The molecule has 0 aliphatic carbocycles. The molecule has 0 bridgehead atoms. The van der Waals surface area contributed by atoms with Crippen LogP contribution < -0.4 is 10.2 Å². The van der Waals surface area contributed by atoms with E-state index in [9.17, 15) is 4.79 Å². The van der Waals surface area contributed by atoms with Gasteiger partial charge < -0.3 is 4.74 Å². The lowest BCUT2D eigenvalue weighted by Gasteiger charge is -2.07. The molecule has 1 heterocycles. The van der Waals surface area contributed by atoms with E-state index in [1.165, 1.54) is 0 Å². The maximum absolute atomic E-state index is 12.7. The fourth-order valence-electron chi connectivity index (χ4n) is 2.09. The number of hydrogen-bond acceptors (Lipinski definition) is 5. The smallest absolute Gasteiger partial charge is 0.233 e. The van der Waals surface area contributed by atoms with Crippen LogP contribution in [-0.4, -0.2) is 15.9 Å². The summed E-state index contributed by atoms with van der Waals surface area (Å²) in [5.74, 6) is 0.625. The van der Waals surface area contributed by atoms with Crippen LogP contribution in [0.4, 0.5) is 0 Å². The third kappa shape index (κ3) is 2.55. The maximum Gasteiger partial charge on any atom is 0.233 e. The Balaban J connectivity index is 2.20. The molecular weight excluding hydrogens is 284 g/mol. The second-order valence-corrected chi connectivity index (χ2v) is 4.89. The molecule has 0 spiro atoms. The summed E-state index contributed by atoms with van der Waals surface area (Å²) in [4.78, 5) is 12.7. The quantitative estimate of drug-likeness (QED) is 0.744. The molecule has 2 aromatic carbocycles. The Hall–Kier alpha value is -2.53. The van der Waals surface area contributed by atoms with Gasteiger partial charge in [0.05, 0.1) is 18.8 Å². The molecule has 21 heavy (non-hydrogen) atoms. The molecule has 4 nitrogen and oxygen atoms in total. The van der Waals surface area contributed by atoms with Crippen molar-refractivity contribution < 1.29 is 4.74 Å². The van der Waals surface area contributed by atoms with Crippen LogP contribution in [0.25, 0.3) is 22.5 Å². The van der Waals surface area contributed by atoms with Gasteiger partial charge in [0.2, 0.25) is 5.43 Å². The molecule has 0 aliphatic rings. The molecule has 0 N–H and O–H groups in total. The first-order valence-electron chi connectivity index (χ1n) is 6.37. The third-order valence-corrected chi connectivity index (χ3v) is 3.63. The Labute approximate surface area is 126 Å². The number of hydrogen-bond donors (Lipinski definition) is 0. The van der Waals surface area contributed by atoms with Crippen LogP contribution in [0.3, 0.4) is 0 Å². The van der Waals surface area contributed by atoms with Crippen molar-refractivity contribution in [1.82, 2.24) is 8.75 Å². The van der Waals surface area contributed by atoms with Gasteiger partial charge >= 0.3 is 0 Å². The first-order chi connectivity index (χ1) is 10.3. The Morgan fingerprint density at radius 2 is 1.57 bits per heavy atom. The zero-order chi connectivity index (χ0) is 14.7. The van der Waals surface area contributed by atoms with Crippen molar-refractivity contribution in [2.24, 2.45) is 0 Å². The first kappa shape index (κ1) is 13.5. The van der Waals surface area contributed by atoms with Gasteiger partial charge in [0.1, 0.15) is 17.1 Å². The number of benzene rings is 2. The predicted octanol–water partition coefficient (Wildman–Crippen LogP) is 3.24. The van der Waals surface area contributed by atoms with E-state index < -0.39 is 0 Å². The number of nitrogens with zero attached hydrogens (tertiary/aromatic N) is 2. The minimum atomic E-state index is -0.190. The van der Waals surface area contributed by atoms with E-state index in [1.54, 1.807) is 7.11 Å². The second-order valence-electron chi connectivity index (χ2n) is 4.36. The van der Waals surface area contributed by atoms with Crippen molar-refractivity contribution in [3.63, 3.8) is 0 Å². The lowest BCUT2D eigenvalue weighted by molar-refractivity contribution is 0.416. The molecule has 0 aliphatic heterocycles. The molecule has 0 unspecified atom stereocenters. The van der Waals surface area contributed by atoms with E-state index in [2.05, 4.69) is 8.75 Å². The minimum Gasteiger partial charge on any atom is -0.496 e. The zero-order valence-electron chi connectivity index (χ0n) is 11.3. The van der Waals surface area contributed by atoms with Crippen molar-refractivity contribution >= 4 is 11.7 Å². The van der Waals surface area contributed by atoms with Gasteiger partial charge in [-0.2, -0.15) is 8.75 Å². The molecule has 104 valence electrons. The number of methoxy groups -OCH3 is 1. The highest BCUT2D eigenvalue weighted by Crippen LogP contribution is 2.27. The Morgan fingerprint density at radius 1 is 0.905 bits per heavy atom. The fraction of sp³-hybridized carbons (Fsp3) is 0.0625. The van der Waals surface area contributed by atoms with Gasteiger partial charge in [-0.1, -0.05) is 42.5 Å². The van der Waals surface area contributed by atoms with Gasteiger partial charge in [-0.15, -0.1) is 0 Å². The number of ether oxygens (including phenoxy) is 1. The van der Waals surface area contributed by atoms with Crippen molar-refractivity contribution in [3.8, 4) is 28.3 Å². The topological polar surface area (TPSA) is 52.1 Å². The summed E-state index contributed by atoms with van der Waals surface area (Å²) >= 11 is 1.02. The normalized spacial score (nSPS) is 10.3. The molecule has 3 aromatic rings. The molecule has 0 amide bonds. The monoisotopic (exact) mass is 296 g/mol. The number of aromatic nitrogens is 2. The van der Waals surface area contributed by atoms with Gasteiger partial charge in [0, 0.05) is 11.1 Å². The standard InChI is InChI=1S/C16H12N2O2S/c1-20-13-10-6-5-9-12(13)15-16(19)14(17-21-18-15)11-7-3-2-4-8-11/h2-10H,1H3. The van der Waals surface area contributed by atoms with E-state index >= 15 is 0 Å². The van der Waals surface area contributed by atoms with E-state index in [1.807, 2.05) is 54.6 Å². The number of rotatable bonds is 3. The largest absolute Gasteiger partial charge is 0.496 e. The average Bonchev–Trinajstić information content (AvgIpc) is 2.56. The number of para-hydroxylation sites is 1. The van der Waals surface area contributed by atoms with Gasteiger partial charge in [0.15, 0.2) is 0 Å². The van der Waals surface area contributed by atoms with Crippen molar-refractivity contribution in [2.45, 2.75) is 0 Å². The Kier molecular flexibility index (Phi) is 3.75. The molecule has 0 saturated heterocycles. The summed E-state index contributed by atoms with van der Waals surface area (Å²) in [5, 5.41) is 0. The van der Waals surface area contributed by atoms with E-state index in [0.717, 1.165) is 17.3 Å². The van der Waals surface area contributed by atoms with E-state index in [4.69, 9.17) is 4.74 Å². The summed E-state index contributed by atoms with van der Waals surface area (Å²) < 4.78 is 13.7. The summed E-state index contributed by atoms with van der Waals surface area (Å²) in [6.45, 7) is 0.